The highest BCUT2D eigenvalue weighted by molar-refractivity contribution is 4.84. The molecule has 0 spiro atoms. The Hall–Kier alpha value is -0.0800. The van der Waals surface area contributed by atoms with Crippen LogP contribution in [0.5, 0.6) is 0 Å². The summed E-state index contributed by atoms with van der Waals surface area (Å²) in [5, 5.41) is 3.44. The lowest BCUT2D eigenvalue weighted by Gasteiger charge is -2.28. The maximum atomic E-state index is 3.44. The first-order valence-corrected chi connectivity index (χ1v) is 6.68. The van der Waals surface area contributed by atoms with Gasteiger partial charge in [0, 0.05) is 6.04 Å². The van der Waals surface area contributed by atoms with E-state index in [1.54, 1.807) is 0 Å². The van der Waals surface area contributed by atoms with E-state index < -0.39 is 0 Å². The van der Waals surface area contributed by atoms with Crippen molar-refractivity contribution in [3.63, 3.8) is 0 Å². The summed E-state index contributed by atoms with van der Waals surface area (Å²) in [6, 6.07) is 0.826. The lowest BCUT2D eigenvalue weighted by molar-refractivity contribution is 0.207. The average molecular weight is 210 g/mol. The minimum atomic E-state index is 0.826. The van der Waals surface area contributed by atoms with Crippen LogP contribution in [0.2, 0.25) is 0 Å². The minimum absolute atomic E-state index is 0.826. The lowest BCUT2D eigenvalue weighted by Crippen LogP contribution is -2.34. The van der Waals surface area contributed by atoms with E-state index in [9.17, 15) is 0 Å². The molecule has 2 nitrogen and oxygen atoms in total. The summed E-state index contributed by atoms with van der Waals surface area (Å²) in [6.07, 6.45) is 7.14. The third-order valence-corrected chi connectivity index (χ3v) is 4.35. The molecule has 1 aliphatic carbocycles. The van der Waals surface area contributed by atoms with E-state index in [4.69, 9.17) is 0 Å². The van der Waals surface area contributed by atoms with Crippen LogP contribution < -0.4 is 5.32 Å². The molecule has 1 unspecified atom stereocenters. The SMILES string of the molecule is CC(C1CC1)N(C)CCC1CCNCC1. The van der Waals surface area contributed by atoms with E-state index in [2.05, 4.69) is 24.2 Å². The highest BCUT2D eigenvalue weighted by Crippen LogP contribution is 2.34. The second-order valence-electron chi connectivity index (χ2n) is 5.54. The number of rotatable bonds is 5. The van der Waals surface area contributed by atoms with Gasteiger partial charge in [-0.2, -0.15) is 0 Å². The molecule has 2 aliphatic rings. The Morgan fingerprint density at radius 1 is 1.20 bits per heavy atom. The van der Waals surface area contributed by atoms with Gasteiger partial charge in [-0.05, 0) is 77.5 Å². The van der Waals surface area contributed by atoms with Crippen LogP contribution >= 0.6 is 0 Å². The van der Waals surface area contributed by atoms with Crippen LogP contribution in [0.3, 0.4) is 0 Å². The van der Waals surface area contributed by atoms with Gasteiger partial charge in [0.2, 0.25) is 0 Å². The zero-order valence-electron chi connectivity index (χ0n) is 10.3. The Labute approximate surface area is 94.4 Å². The van der Waals surface area contributed by atoms with Gasteiger partial charge >= 0.3 is 0 Å². The van der Waals surface area contributed by atoms with Crippen molar-refractivity contribution in [2.45, 2.75) is 45.1 Å². The van der Waals surface area contributed by atoms with Crippen molar-refractivity contribution in [2.24, 2.45) is 11.8 Å². The fourth-order valence-corrected chi connectivity index (χ4v) is 2.70. The molecule has 1 aliphatic heterocycles. The summed E-state index contributed by atoms with van der Waals surface area (Å²) >= 11 is 0. The van der Waals surface area contributed by atoms with Gasteiger partial charge in [0.15, 0.2) is 0 Å². The van der Waals surface area contributed by atoms with Crippen LogP contribution in [0.1, 0.15) is 39.0 Å². The van der Waals surface area contributed by atoms with Gasteiger partial charge in [-0.25, -0.2) is 0 Å². The van der Waals surface area contributed by atoms with E-state index in [-0.39, 0.29) is 0 Å². The first-order valence-electron chi connectivity index (χ1n) is 6.68. The maximum absolute atomic E-state index is 3.44. The van der Waals surface area contributed by atoms with Gasteiger partial charge < -0.3 is 10.2 Å². The first-order chi connectivity index (χ1) is 7.27. The van der Waals surface area contributed by atoms with Crippen LogP contribution in [0, 0.1) is 11.8 Å². The molecule has 1 heterocycles. The van der Waals surface area contributed by atoms with Crippen molar-refractivity contribution in [3.8, 4) is 0 Å². The lowest BCUT2D eigenvalue weighted by atomic mass is 9.94. The third kappa shape index (κ3) is 3.46. The topological polar surface area (TPSA) is 15.3 Å². The van der Waals surface area contributed by atoms with Crippen LogP contribution in [0.15, 0.2) is 0 Å². The number of nitrogens with zero attached hydrogens (tertiary/aromatic N) is 1. The number of nitrogens with one attached hydrogen (secondary N) is 1. The standard InChI is InChI=1S/C13H26N2/c1-11(13-3-4-13)15(2)10-7-12-5-8-14-9-6-12/h11-14H,3-10H2,1-2H3. The Morgan fingerprint density at radius 3 is 2.47 bits per heavy atom. The molecular weight excluding hydrogens is 184 g/mol. The van der Waals surface area contributed by atoms with E-state index in [1.807, 2.05) is 0 Å². The highest BCUT2D eigenvalue weighted by atomic mass is 15.1. The Morgan fingerprint density at radius 2 is 1.87 bits per heavy atom. The predicted octanol–water partition coefficient (Wildman–Crippen LogP) is 2.11. The quantitative estimate of drug-likeness (QED) is 0.747. The van der Waals surface area contributed by atoms with Crippen LogP contribution in [-0.4, -0.2) is 37.6 Å². The van der Waals surface area contributed by atoms with Gasteiger partial charge in [0.05, 0.1) is 0 Å². The van der Waals surface area contributed by atoms with Gasteiger partial charge in [0.25, 0.3) is 0 Å². The Balaban J connectivity index is 1.62. The molecule has 2 heteroatoms. The summed E-state index contributed by atoms with van der Waals surface area (Å²) < 4.78 is 0. The zero-order chi connectivity index (χ0) is 10.7. The number of piperidine rings is 1. The molecule has 1 atom stereocenters. The molecule has 0 aromatic heterocycles. The predicted molar refractivity (Wildman–Crippen MR) is 65.0 cm³/mol. The van der Waals surface area contributed by atoms with Crippen LogP contribution in [-0.2, 0) is 0 Å². The Kier molecular flexibility index (Phi) is 4.04. The van der Waals surface area contributed by atoms with E-state index >= 15 is 0 Å². The number of hydrogen-bond donors (Lipinski definition) is 1. The second kappa shape index (κ2) is 5.31. The average Bonchev–Trinajstić information content (AvgIpc) is 3.10. The van der Waals surface area contributed by atoms with Gasteiger partial charge in [0.1, 0.15) is 0 Å². The van der Waals surface area contributed by atoms with Gasteiger partial charge in [-0.15, -0.1) is 0 Å². The maximum Gasteiger partial charge on any atom is 0.00921 e. The van der Waals surface area contributed by atoms with Crippen LogP contribution in [0.4, 0.5) is 0 Å². The van der Waals surface area contributed by atoms with Crippen LogP contribution in [0.25, 0.3) is 0 Å². The molecule has 1 saturated carbocycles. The van der Waals surface area contributed by atoms with Gasteiger partial charge in [-0.1, -0.05) is 0 Å². The van der Waals surface area contributed by atoms with Crippen molar-refractivity contribution in [2.75, 3.05) is 26.7 Å². The summed E-state index contributed by atoms with van der Waals surface area (Å²) in [4.78, 5) is 2.58. The molecule has 0 bridgehead atoms. The summed E-state index contributed by atoms with van der Waals surface area (Å²) in [6.45, 7) is 6.20. The third-order valence-electron chi connectivity index (χ3n) is 4.35. The molecule has 0 radical (unpaired) electrons. The zero-order valence-corrected chi connectivity index (χ0v) is 10.3. The van der Waals surface area contributed by atoms with Crippen molar-refractivity contribution in [1.82, 2.24) is 10.2 Å². The van der Waals surface area contributed by atoms with Crippen molar-refractivity contribution < 1.29 is 0 Å². The van der Waals surface area contributed by atoms with Crippen molar-refractivity contribution in [3.05, 3.63) is 0 Å². The van der Waals surface area contributed by atoms with Crippen molar-refractivity contribution >= 4 is 0 Å². The largest absolute Gasteiger partial charge is 0.317 e. The second-order valence-corrected chi connectivity index (χ2v) is 5.54. The normalized spacial score (nSPS) is 25.8. The summed E-state index contributed by atoms with van der Waals surface area (Å²) in [5.41, 5.74) is 0. The molecular formula is C13H26N2. The monoisotopic (exact) mass is 210 g/mol. The molecule has 0 aromatic rings. The summed E-state index contributed by atoms with van der Waals surface area (Å²) in [5.74, 6) is 2.00. The summed E-state index contributed by atoms with van der Waals surface area (Å²) in [7, 11) is 2.31. The van der Waals surface area contributed by atoms with Gasteiger partial charge in [-0.3, -0.25) is 0 Å². The minimum Gasteiger partial charge on any atom is -0.317 e. The number of hydrogen-bond acceptors (Lipinski definition) is 2. The smallest absolute Gasteiger partial charge is 0.00921 e. The molecule has 15 heavy (non-hydrogen) atoms. The first kappa shape index (κ1) is 11.4. The molecule has 2 fully saturated rings. The van der Waals surface area contributed by atoms with Crippen molar-refractivity contribution in [1.29, 1.82) is 0 Å². The van der Waals surface area contributed by atoms with E-state index in [0.29, 0.717) is 0 Å². The molecule has 0 amide bonds. The molecule has 88 valence electrons. The molecule has 1 N–H and O–H groups in total. The Bertz CT molecular complexity index is 183. The highest BCUT2D eigenvalue weighted by Gasteiger charge is 2.30. The molecule has 0 aromatic carbocycles. The van der Waals surface area contributed by atoms with E-state index in [0.717, 1.165) is 17.9 Å². The van der Waals surface area contributed by atoms with E-state index in [1.165, 1.54) is 51.7 Å². The molecule has 2 rings (SSSR count). The fourth-order valence-electron chi connectivity index (χ4n) is 2.70. The fraction of sp³-hybridized carbons (Fsp3) is 1.00. The molecule has 1 saturated heterocycles.